The van der Waals surface area contributed by atoms with Crippen molar-refractivity contribution in [2.24, 2.45) is 7.05 Å². The van der Waals surface area contributed by atoms with Crippen molar-refractivity contribution < 1.29 is 22.9 Å². The van der Waals surface area contributed by atoms with Crippen molar-refractivity contribution in [2.45, 2.75) is 12.7 Å². The molecule has 2 aromatic rings. The molecule has 0 saturated heterocycles. The first-order valence-corrected chi connectivity index (χ1v) is 6.85. The normalized spacial score (nSPS) is 11.4. The Morgan fingerprint density at radius 2 is 1.92 bits per heavy atom. The zero-order chi connectivity index (χ0) is 18.8. The number of non-ortho nitro benzene ring substituents is 1. The Bertz CT molecular complexity index is 854. The Morgan fingerprint density at radius 1 is 1.32 bits per heavy atom. The maximum Gasteiger partial charge on any atom is 0.451 e. The van der Waals surface area contributed by atoms with Gasteiger partial charge in [-0.1, -0.05) is 0 Å². The van der Waals surface area contributed by atoms with Gasteiger partial charge in [-0.25, -0.2) is 9.48 Å². The summed E-state index contributed by atoms with van der Waals surface area (Å²) in [4.78, 5) is 33.4. The SMILES string of the molecule is Cn1c(C(F)(F)F)nn(CCNC(=O)c2ccc([N+](=O)[O-])cc2)c1=O. The molecule has 25 heavy (non-hydrogen) atoms. The third kappa shape index (κ3) is 4.02. The van der Waals surface area contributed by atoms with Gasteiger partial charge < -0.3 is 5.32 Å². The monoisotopic (exact) mass is 359 g/mol. The number of benzene rings is 1. The number of nitrogens with zero attached hydrogens (tertiary/aromatic N) is 4. The number of nitro groups is 1. The number of carbonyl (C=O) groups is 1. The predicted octanol–water partition coefficient (Wildman–Crippen LogP) is 0.939. The standard InChI is InChI=1S/C13H12F3N5O4/c1-19-11(13(14,15)16)18-20(12(19)23)7-6-17-10(22)8-2-4-9(5-3-8)21(24)25/h2-5H,6-7H2,1H3,(H,17,22). The van der Waals surface area contributed by atoms with Crippen LogP contribution in [0.4, 0.5) is 18.9 Å². The fourth-order valence-corrected chi connectivity index (χ4v) is 1.99. The lowest BCUT2D eigenvalue weighted by atomic mass is 10.2. The van der Waals surface area contributed by atoms with Gasteiger partial charge in [-0.2, -0.15) is 13.2 Å². The van der Waals surface area contributed by atoms with Crippen LogP contribution in [0.15, 0.2) is 29.1 Å². The van der Waals surface area contributed by atoms with Gasteiger partial charge in [0.2, 0.25) is 5.82 Å². The third-order valence-electron chi connectivity index (χ3n) is 3.24. The van der Waals surface area contributed by atoms with Crippen LogP contribution in [0.1, 0.15) is 16.2 Å². The minimum atomic E-state index is -4.76. The van der Waals surface area contributed by atoms with Crippen molar-refractivity contribution in [1.29, 1.82) is 0 Å². The van der Waals surface area contributed by atoms with Crippen molar-refractivity contribution >= 4 is 11.6 Å². The average Bonchev–Trinajstić information content (AvgIpc) is 2.83. The molecule has 0 aliphatic heterocycles. The van der Waals surface area contributed by atoms with Crippen molar-refractivity contribution in [2.75, 3.05) is 6.54 Å². The Hall–Kier alpha value is -3.18. The van der Waals surface area contributed by atoms with E-state index >= 15 is 0 Å². The van der Waals surface area contributed by atoms with E-state index in [1.165, 1.54) is 12.1 Å². The highest BCUT2D eigenvalue weighted by atomic mass is 19.4. The van der Waals surface area contributed by atoms with Gasteiger partial charge in [-0.3, -0.25) is 19.5 Å². The first-order chi connectivity index (χ1) is 11.6. The van der Waals surface area contributed by atoms with Gasteiger partial charge in [-0.15, -0.1) is 5.10 Å². The van der Waals surface area contributed by atoms with Gasteiger partial charge in [0.25, 0.3) is 11.6 Å². The minimum Gasteiger partial charge on any atom is -0.350 e. The Labute approximate surface area is 137 Å². The summed E-state index contributed by atoms with van der Waals surface area (Å²) in [7, 11) is 0.949. The highest BCUT2D eigenvalue weighted by Gasteiger charge is 2.37. The molecule has 0 saturated carbocycles. The molecule has 9 nitrogen and oxygen atoms in total. The van der Waals surface area contributed by atoms with Crippen molar-refractivity contribution in [3.05, 3.63) is 56.3 Å². The molecular formula is C13H12F3N5O4. The number of halogens is 3. The molecule has 0 fully saturated rings. The van der Waals surface area contributed by atoms with E-state index in [0.29, 0.717) is 9.25 Å². The Balaban J connectivity index is 2.00. The van der Waals surface area contributed by atoms with E-state index in [1.807, 2.05) is 0 Å². The summed E-state index contributed by atoms with van der Waals surface area (Å²) in [6.07, 6.45) is -4.76. The quantitative estimate of drug-likeness (QED) is 0.631. The number of rotatable bonds is 5. The van der Waals surface area contributed by atoms with Crippen LogP contribution in [0.25, 0.3) is 0 Å². The number of carbonyl (C=O) groups excluding carboxylic acids is 1. The molecule has 0 spiro atoms. The smallest absolute Gasteiger partial charge is 0.350 e. The molecule has 134 valence electrons. The van der Waals surface area contributed by atoms with Crippen LogP contribution in [0.5, 0.6) is 0 Å². The number of hydrogen-bond donors (Lipinski definition) is 1. The molecule has 2 rings (SSSR count). The van der Waals surface area contributed by atoms with Crippen molar-refractivity contribution in [3.8, 4) is 0 Å². The summed E-state index contributed by atoms with van der Waals surface area (Å²) in [5, 5.41) is 16.1. The van der Waals surface area contributed by atoms with Gasteiger partial charge in [0.05, 0.1) is 11.5 Å². The first-order valence-electron chi connectivity index (χ1n) is 6.85. The van der Waals surface area contributed by atoms with Crippen LogP contribution in [0, 0.1) is 10.1 Å². The number of hydrogen-bond acceptors (Lipinski definition) is 5. The minimum absolute atomic E-state index is 0.134. The Kier molecular flexibility index (Phi) is 4.90. The average molecular weight is 359 g/mol. The van der Waals surface area contributed by atoms with E-state index in [-0.39, 0.29) is 24.3 Å². The second-order valence-electron chi connectivity index (χ2n) is 4.95. The summed E-state index contributed by atoms with van der Waals surface area (Å²) in [6.45, 7) is -0.411. The molecule has 1 amide bonds. The zero-order valence-corrected chi connectivity index (χ0v) is 12.8. The number of aromatic nitrogens is 3. The topological polar surface area (TPSA) is 112 Å². The lowest BCUT2D eigenvalue weighted by Crippen LogP contribution is -2.31. The van der Waals surface area contributed by atoms with Crippen molar-refractivity contribution in [3.63, 3.8) is 0 Å². The summed E-state index contributed by atoms with van der Waals surface area (Å²) in [5.74, 6) is -1.92. The third-order valence-corrected chi connectivity index (χ3v) is 3.24. The Morgan fingerprint density at radius 3 is 2.40 bits per heavy atom. The first kappa shape index (κ1) is 18.2. The zero-order valence-electron chi connectivity index (χ0n) is 12.8. The molecule has 1 aromatic carbocycles. The molecule has 12 heteroatoms. The van der Waals surface area contributed by atoms with Gasteiger partial charge in [0, 0.05) is 31.3 Å². The number of amides is 1. The van der Waals surface area contributed by atoms with E-state index < -0.39 is 28.5 Å². The van der Waals surface area contributed by atoms with Crippen LogP contribution >= 0.6 is 0 Å². The highest BCUT2D eigenvalue weighted by molar-refractivity contribution is 5.94. The fraction of sp³-hybridized carbons (Fsp3) is 0.308. The molecule has 0 radical (unpaired) electrons. The molecule has 0 atom stereocenters. The lowest BCUT2D eigenvalue weighted by molar-refractivity contribution is -0.384. The molecule has 0 bridgehead atoms. The number of nitro benzene ring substituents is 1. The van der Waals surface area contributed by atoms with E-state index in [1.54, 1.807) is 0 Å². The van der Waals surface area contributed by atoms with Crippen LogP contribution in [-0.4, -0.2) is 31.7 Å². The molecule has 1 heterocycles. The molecule has 0 unspecified atom stereocenters. The van der Waals surface area contributed by atoms with Crippen LogP contribution in [-0.2, 0) is 19.8 Å². The van der Waals surface area contributed by atoms with Crippen molar-refractivity contribution in [1.82, 2.24) is 19.7 Å². The van der Waals surface area contributed by atoms with Gasteiger partial charge in [0.1, 0.15) is 0 Å². The van der Waals surface area contributed by atoms with Crippen LogP contribution in [0.2, 0.25) is 0 Å². The lowest BCUT2D eigenvalue weighted by Gasteiger charge is -2.05. The molecule has 0 aliphatic carbocycles. The highest BCUT2D eigenvalue weighted by Crippen LogP contribution is 2.25. The van der Waals surface area contributed by atoms with Gasteiger partial charge in [-0.05, 0) is 12.1 Å². The predicted molar refractivity (Wildman–Crippen MR) is 77.9 cm³/mol. The van der Waals surface area contributed by atoms with Crippen LogP contribution in [0.3, 0.4) is 0 Å². The second-order valence-corrected chi connectivity index (χ2v) is 4.95. The van der Waals surface area contributed by atoms with Crippen LogP contribution < -0.4 is 11.0 Å². The molecule has 1 aromatic heterocycles. The maximum absolute atomic E-state index is 12.6. The summed E-state index contributed by atoms with van der Waals surface area (Å²) >= 11 is 0. The largest absolute Gasteiger partial charge is 0.451 e. The molecule has 1 N–H and O–H groups in total. The molecular weight excluding hydrogens is 347 g/mol. The van der Waals surface area contributed by atoms with Gasteiger partial charge in [0.15, 0.2) is 0 Å². The summed E-state index contributed by atoms with van der Waals surface area (Å²) in [6, 6.07) is 4.77. The van der Waals surface area contributed by atoms with E-state index in [0.717, 1.165) is 19.2 Å². The van der Waals surface area contributed by atoms with E-state index in [4.69, 9.17) is 0 Å². The summed E-state index contributed by atoms with van der Waals surface area (Å²) in [5.41, 5.74) is -1.01. The van der Waals surface area contributed by atoms with E-state index in [9.17, 15) is 32.9 Å². The fourth-order valence-electron chi connectivity index (χ4n) is 1.99. The number of alkyl halides is 3. The second kappa shape index (κ2) is 6.75. The maximum atomic E-state index is 12.6. The number of nitrogens with one attached hydrogen (secondary N) is 1. The van der Waals surface area contributed by atoms with E-state index in [2.05, 4.69) is 10.4 Å². The summed E-state index contributed by atoms with van der Waals surface area (Å²) < 4.78 is 38.9. The van der Waals surface area contributed by atoms with Gasteiger partial charge >= 0.3 is 11.9 Å². The molecule has 0 aliphatic rings.